The van der Waals surface area contributed by atoms with Crippen LogP contribution in [0.1, 0.15) is 47.1 Å². The third-order valence-corrected chi connectivity index (χ3v) is 8.46. The predicted molar refractivity (Wildman–Crippen MR) is 85.2 cm³/mol. The number of hydrogen-bond donors (Lipinski definition) is 0. The first kappa shape index (κ1) is 17.6. The first-order valence-electron chi connectivity index (χ1n) is 6.92. The van der Waals surface area contributed by atoms with Gasteiger partial charge in [0.2, 0.25) is 0 Å². The molecule has 5 heteroatoms. The van der Waals surface area contributed by atoms with Gasteiger partial charge in [0.1, 0.15) is 6.29 Å². The van der Waals surface area contributed by atoms with Gasteiger partial charge in [-0.3, -0.25) is 4.79 Å². The topological polar surface area (TPSA) is 52.6 Å². The van der Waals surface area contributed by atoms with E-state index in [1.54, 1.807) is 12.1 Å². The Balaban J connectivity index is 2.98. The normalized spacial score (nSPS) is 12.1. The lowest BCUT2D eigenvalue weighted by atomic mass is 10.1. The summed E-state index contributed by atoms with van der Waals surface area (Å²) < 4.78 is 10.8. The third-order valence-electron chi connectivity index (χ3n) is 3.98. The lowest BCUT2D eigenvalue weighted by molar-refractivity contribution is 0.0600. The quantitative estimate of drug-likeness (QED) is 0.471. The van der Waals surface area contributed by atoms with Crippen LogP contribution < -0.4 is 0 Å². The maximum absolute atomic E-state index is 11.6. The van der Waals surface area contributed by atoms with Crippen molar-refractivity contribution in [1.29, 1.82) is 0 Å². The molecule has 0 unspecified atom stereocenters. The van der Waals surface area contributed by atoms with Gasteiger partial charge in [-0.2, -0.15) is 0 Å². The van der Waals surface area contributed by atoms with E-state index in [1.165, 1.54) is 13.2 Å². The summed E-state index contributed by atoms with van der Waals surface area (Å²) >= 11 is 0. The molecule has 1 aromatic rings. The van der Waals surface area contributed by atoms with E-state index in [2.05, 4.69) is 33.9 Å². The van der Waals surface area contributed by atoms with Crippen LogP contribution in [0.5, 0.6) is 0 Å². The molecule has 0 aliphatic carbocycles. The van der Waals surface area contributed by atoms with Gasteiger partial charge >= 0.3 is 5.97 Å². The largest absolute Gasteiger partial charge is 0.465 e. The Morgan fingerprint density at radius 2 is 1.86 bits per heavy atom. The fourth-order valence-corrected chi connectivity index (χ4v) is 2.55. The van der Waals surface area contributed by atoms with Crippen molar-refractivity contribution in [2.24, 2.45) is 0 Å². The number of esters is 1. The fraction of sp³-hybridized carbons (Fsp3) is 0.500. The molecular formula is C16H24O4Si. The van der Waals surface area contributed by atoms with E-state index in [0.717, 1.165) is 11.8 Å². The maximum atomic E-state index is 11.6. The number of carbonyl (C=O) groups is 2. The smallest absolute Gasteiger partial charge is 0.337 e. The minimum Gasteiger partial charge on any atom is -0.465 e. The van der Waals surface area contributed by atoms with Crippen molar-refractivity contribution >= 4 is 20.6 Å². The van der Waals surface area contributed by atoms with Gasteiger partial charge in [0, 0.05) is 5.56 Å². The number of rotatable bonds is 5. The van der Waals surface area contributed by atoms with Crippen molar-refractivity contribution in [3.63, 3.8) is 0 Å². The van der Waals surface area contributed by atoms with E-state index in [9.17, 15) is 9.59 Å². The second-order valence-corrected chi connectivity index (χ2v) is 11.4. The molecule has 116 valence electrons. The van der Waals surface area contributed by atoms with Gasteiger partial charge in [-0.1, -0.05) is 20.8 Å². The molecule has 0 saturated carbocycles. The highest BCUT2D eigenvalue weighted by atomic mass is 28.4. The summed E-state index contributed by atoms with van der Waals surface area (Å²) in [7, 11) is -0.552. The minimum atomic E-state index is -1.87. The summed E-state index contributed by atoms with van der Waals surface area (Å²) in [5.41, 5.74) is 1.63. The Morgan fingerprint density at radius 1 is 1.24 bits per heavy atom. The molecule has 0 aromatic heterocycles. The monoisotopic (exact) mass is 308 g/mol. The van der Waals surface area contributed by atoms with Crippen LogP contribution in [0.3, 0.4) is 0 Å². The van der Waals surface area contributed by atoms with Gasteiger partial charge in [-0.05, 0) is 41.9 Å². The highest BCUT2D eigenvalue weighted by molar-refractivity contribution is 6.74. The van der Waals surface area contributed by atoms with Crippen LogP contribution in [0.15, 0.2) is 18.2 Å². The van der Waals surface area contributed by atoms with E-state index < -0.39 is 14.3 Å². The van der Waals surface area contributed by atoms with Gasteiger partial charge in [0.05, 0.1) is 19.3 Å². The number of ether oxygens (including phenoxy) is 1. The number of aldehydes is 1. The minimum absolute atomic E-state index is 0.112. The molecule has 0 fully saturated rings. The fourth-order valence-electron chi connectivity index (χ4n) is 1.59. The molecule has 0 aliphatic rings. The van der Waals surface area contributed by atoms with E-state index >= 15 is 0 Å². The summed E-state index contributed by atoms with van der Waals surface area (Å²) in [4.78, 5) is 22.6. The van der Waals surface area contributed by atoms with Crippen LogP contribution in [0.2, 0.25) is 18.1 Å². The summed E-state index contributed by atoms with van der Waals surface area (Å²) in [5, 5.41) is 0.112. The Labute approximate surface area is 127 Å². The first-order chi connectivity index (χ1) is 9.60. The Bertz CT molecular complexity index is 530. The Kier molecular flexibility index (Phi) is 5.47. The summed E-state index contributed by atoms with van der Waals surface area (Å²) in [6.07, 6.45) is 0.724. The van der Waals surface area contributed by atoms with Crippen LogP contribution >= 0.6 is 0 Å². The standard InChI is InChI=1S/C16H24O4Si/c1-16(2,3)21(5,6)20-11-13-7-12(10-17)8-14(9-13)15(18)19-4/h7-10H,11H2,1-6H3. The van der Waals surface area contributed by atoms with E-state index in [1.807, 2.05) is 0 Å². The molecule has 0 atom stereocenters. The molecular weight excluding hydrogens is 284 g/mol. The number of hydrogen-bond acceptors (Lipinski definition) is 4. The molecule has 0 heterocycles. The lowest BCUT2D eigenvalue weighted by Gasteiger charge is -2.36. The van der Waals surface area contributed by atoms with E-state index in [-0.39, 0.29) is 5.04 Å². The average molecular weight is 308 g/mol. The molecule has 0 spiro atoms. The zero-order chi connectivity index (χ0) is 16.3. The number of benzene rings is 1. The maximum Gasteiger partial charge on any atom is 0.337 e. The zero-order valence-electron chi connectivity index (χ0n) is 13.6. The predicted octanol–water partition coefficient (Wildman–Crippen LogP) is 3.81. The molecule has 0 bridgehead atoms. The molecule has 1 aromatic carbocycles. The lowest BCUT2D eigenvalue weighted by Crippen LogP contribution is -2.40. The molecule has 0 radical (unpaired) electrons. The summed E-state index contributed by atoms with van der Waals surface area (Å²) in [6.45, 7) is 11.2. The molecule has 1 rings (SSSR count). The SMILES string of the molecule is COC(=O)c1cc(C=O)cc(CO[Si](C)(C)C(C)(C)C)c1. The highest BCUT2D eigenvalue weighted by Crippen LogP contribution is 2.37. The van der Waals surface area contributed by atoms with Crippen molar-refractivity contribution < 1.29 is 18.8 Å². The molecule has 0 saturated heterocycles. The second kappa shape index (κ2) is 6.53. The molecule has 0 aliphatic heterocycles. The Morgan fingerprint density at radius 3 is 2.33 bits per heavy atom. The number of methoxy groups -OCH3 is 1. The van der Waals surface area contributed by atoms with Crippen molar-refractivity contribution in [2.75, 3.05) is 7.11 Å². The van der Waals surface area contributed by atoms with Gasteiger partial charge in [0.25, 0.3) is 0 Å². The van der Waals surface area contributed by atoms with Crippen LogP contribution in [0, 0.1) is 0 Å². The first-order valence-corrected chi connectivity index (χ1v) is 9.83. The molecule has 21 heavy (non-hydrogen) atoms. The van der Waals surface area contributed by atoms with Gasteiger partial charge in [-0.15, -0.1) is 0 Å². The highest BCUT2D eigenvalue weighted by Gasteiger charge is 2.37. The van der Waals surface area contributed by atoms with Gasteiger partial charge < -0.3 is 9.16 Å². The number of carbonyl (C=O) groups excluding carboxylic acids is 2. The van der Waals surface area contributed by atoms with Crippen LogP contribution in [0.25, 0.3) is 0 Å². The van der Waals surface area contributed by atoms with Crippen molar-refractivity contribution in [3.8, 4) is 0 Å². The summed E-state index contributed by atoms with van der Waals surface area (Å²) in [5.74, 6) is -0.452. The third kappa shape index (κ3) is 4.51. The Hall–Kier alpha value is -1.46. The van der Waals surface area contributed by atoms with Crippen LogP contribution in [-0.2, 0) is 15.8 Å². The summed E-state index contributed by atoms with van der Waals surface area (Å²) in [6, 6.07) is 4.98. The van der Waals surface area contributed by atoms with Crippen LogP contribution in [0.4, 0.5) is 0 Å². The van der Waals surface area contributed by atoms with Crippen LogP contribution in [-0.4, -0.2) is 27.7 Å². The second-order valence-electron chi connectivity index (χ2n) is 6.62. The van der Waals surface area contributed by atoms with Crippen molar-refractivity contribution in [1.82, 2.24) is 0 Å². The van der Waals surface area contributed by atoms with Crippen molar-refractivity contribution in [2.45, 2.75) is 45.5 Å². The zero-order valence-corrected chi connectivity index (χ0v) is 14.6. The molecule has 4 nitrogen and oxygen atoms in total. The van der Waals surface area contributed by atoms with Gasteiger partial charge in [-0.25, -0.2) is 4.79 Å². The molecule has 0 N–H and O–H groups in total. The van der Waals surface area contributed by atoms with E-state index in [0.29, 0.717) is 17.7 Å². The van der Waals surface area contributed by atoms with E-state index in [4.69, 9.17) is 9.16 Å². The van der Waals surface area contributed by atoms with Gasteiger partial charge in [0.15, 0.2) is 8.32 Å². The average Bonchev–Trinajstić information content (AvgIpc) is 2.42. The molecule has 0 amide bonds. The van der Waals surface area contributed by atoms with Crippen molar-refractivity contribution in [3.05, 3.63) is 34.9 Å².